The molecule has 0 aromatic heterocycles. The molecule has 3 N–H and O–H groups in total. The fraction of sp³-hybridized carbons (Fsp3) is 0.923. The van der Waals surface area contributed by atoms with Gasteiger partial charge in [0, 0.05) is 20.2 Å². The van der Waals surface area contributed by atoms with Crippen molar-refractivity contribution in [1.29, 1.82) is 0 Å². The molecule has 5 heteroatoms. The lowest BCUT2D eigenvalue weighted by atomic mass is 9.80. The highest BCUT2D eigenvalue weighted by Gasteiger charge is 2.37. The molecule has 18 heavy (non-hydrogen) atoms. The van der Waals surface area contributed by atoms with E-state index in [2.05, 4.69) is 10.6 Å². The number of ether oxygens (including phenoxy) is 1. The van der Waals surface area contributed by atoms with Crippen molar-refractivity contribution in [2.75, 3.05) is 20.2 Å². The summed E-state index contributed by atoms with van der Waals surface area (Å²) in [6, 6.07) is -0.186. The molecular weight excluding hydrogens is 232 g/mol. The van der Waals surface area contributed by atoms with E-state index < -0.39 is 0 Å². The summed E-state index contributed by atoms with van der Waals surface area (Å²) in [6.07, 6.45) is 3.41. The normalized spacial score (nSPS) is 19.2. The number of hydrogen-bond donors (Lipinski definition) is 3. The first-order chi connectivity index (χ1) is 8.49. The molecule has 1 rings (SSSR count). The molecule has 1 fully saturated rings. The van der Waals surface area contributed by atoms with Gasteiger partial charge >= 0.3 is 6.03 Å². The summed E-state index contributed by atoms with van der Waals surface area (Å²) in [5.74, 6) is 0.224. The molecule has 0 aliphatic heterocycles. The van der Waals surface area contributed by atoms with Gasteiger partial charge in [-0.25, -0.2) is 4.79 Å². The first-order valence-corrected chi connectivity index (χ1v) is 6.74. The van der Waals surface area contributed by atoms with Crippen LogP contribution in [-0.4, -0.2) is 43.0 Å². The van der Waals surface area contributed by atoms with Crippen LogP contribution in [0, 0.1) is 5.92 Å². The molecule has 0 heterocycles. The molecule has 1 unspecified atom stereocenters. The Morgan fingerprint density at radius 2 is 2.06 bits per heavy atom. The average Bonchev–Trinajstić information content (AvgIpc) is 2.28. The van der Waals surface area contributed by atoms with Crippen LogP contribution in [0.3, 0.4) is 0 Å². The van der Waals surface area contributed by atoms with Gasteiger partial charge < -0.3 is 20.5 Å². The van der Waals surface area contributed by atoms with Gasteiger partial charge in [-0.15, -0.1) is 0 Å². The number of methoxy groups -OCH3 is 1. The Balaban J connectivity index is 2.10. The number of aliphatic hydroxyl groups is 1. The molecule has 5 nitrogen and oxygen atoms in total. The third-order valence-corrected chi connectivity index (χ3v) is 3.76. The van der Waals surface area contributed by atoms with Crippen molar-refractivity contribution in [3.63, 3.8) is 0 Å². The van der Waals surface area contributed by atoms with Gasteiger partial charge in [0.15, 0.2) is 0 Å². The Morgan fingerprint density at radius 1 is 1.39 bits per heavy atom. The van der Waals surface area contributed by atoms with Gasteiger partial charge in [0.05, 0.1) is 11.7 Å². The van der Waals surface area contributed by atoms with E-state index in [9.17, 15) is 9.90 Å². The average molecular weight is 258 g/mol. The van der Waals surface area contributed by atoms with Crippen LogP contribution in [-0.2, 0) is 4.74 Å². The van der Waals surface area contributed by atoms with E-state index in [4.69, 9.17) is 4.74 Å². The van der Waals surface area contributed by atoms with Crippen molar-refractivity contribution in [3.8, 4) is 0 Å². The summed E-state index contributed by atoms with van der Waals surface area (Å²) in [4.78, 5) is 11.5. The number of hydrogen-bond acceptors (Lipinski definition) is 3. The van der Waals surface area contributed by atoms with Crippen molar-refractivity contribution >= 4 is 6.03 Å². The van der Waals surface area contributed by atoms with Crippen LogP contribution < -0.4 is 10.6 Å². The van der Waals surface area contributed by atoms with Crippen LogP contribution in [0.5, 0.6) is 0 Å². The molecule has 0 bridgehead atoms. The molecule has 0 spiro atoms. The molecule has 106 valence electrons. The Morgan fingerprint density at radius 3 is 2.50 bits per heavy atom. The smallest absolute Gasteiger partial charge is 0.314 e. The minimum Gasteiger partial charge on any atom is -0.393 e. The highest BCUT2D eigenvalue weighted by molar-refractivity contribution is 5.73. The van der Waals surface area contributed by atoms with Gasteiger partial charge in [0.1, 0.15) is 0 Å². The Bertz CT molecular complexity index is 259. The maximum absolute atomic E-state index is 11.5. The minimum absolute atomic E-state index is 0.144. The molecule has 1 aliphatic rings. The third kappa shape index (κ3) is 4.46. The van der Waals surface area contributed by atoms with E-state index in [0.29, 0.717) is 19.5 Å². The summed E-state index contributed by atoms with van der Waals surface area (Å²) in [7, 11) is 1.69. The fourth-order valence-electron chi connectivity index (χ4n) is 1.99. The van der Waals surface area contributed by atoms with E-state index in [1.54, 1.807) is 7.11 Å². The Labute approximate surface area is 109 Å². The molecule has 0 saturated heterocycles. The first-order valence-electron chi connectivity index (χ1n) is 6.74. The second kappa shape index (κ2) is 6.95. The second-order valence-electron chi connectivity index (χ2n) is 5.45. The highest BCUT2D eigenvalue weighted by atomic mass is 16.5. The minimum atomic E-state index is -0.359. The molecule has 0 aromatic carbocycles. The lowest BCUT2D eigenvalue weighted by Gasteiger charge is -2.40. The van der Waals surface area contributed by atoms with Gasteiger partial charge in [-0.05, 0) is 31.6 Å². The maximum atomic E-state index is 11.5. The summed E-state index contributed by atoms with van der Waals surface area (Å²) in [5, 5.41) is 15.2. The lowest BCUT2D eigenvalue weighted by molar-refractivity contribution is -0.0674. The standard InChI is InChI=1S/C13H26N2O3/c1-10(2)11(16)5-8-14-12(17)15-9-13(18-3)6-4-7-13/h10-11,16H,4-9H2,1-3H3,(H2,14,15,17). The predicted molar refractivity (Wildman–Crippen MR) is 70.5 cm³/mol. The van der Waals surface area contributed by atoms with Crippen LogP contribution in [0.15, 0.2) is 0 Å². The van der Waals surface area contributed by atoms with Crippen molar-refractivity contribution in [2.24, 2.45) is 5.92 Å². The Hall–Kier alpha value is -0.810. The van der Waals surface area contributed by atoms with E-state index in [-0.39, 0.29) is 23.7 Å². The van der Waals surface area contributed by atoms with Gasteiger partial charge in [0.25, 0.3) is 0 Å². The van der Waals surface area contributed by atoms with E-state index in [0.717, 1.165) is 19.3 Å². The maximum Gasteiger partial charge on any atom is 0.314 e. The zero-order valence-electron chi connectivity index (χ0n) is 11.7. The van der Waals surface area contributed by atoms with Gasteiger partial charge in [-0.3, -0.25) is 0 Å². The van der Waals surface area contributed by atoms with E-state index >= 15 is 0 Å². The molecule has 0 aromatic rings. The molecule has 1 saturated carbocycles. The third-order valence-electron chi connectivity index (χ3n) is 3.76. The molecule has 2 amide bonds. The summed E-state index contributed by atoms with van der Waals surface area (Å²) < 4.78 is 5.42. The predicted octanol–water partition coefficient (Wildman–Crippen LogP) is 1.26. The van der Waals surface area contributed by atoms with Crippen LogP contribution in [0.1, 0.15) is 39.5 Å². The monoisotopic (exact) mass is 258 g/mol. The van der Waals surface area contributed by atoms with Crippen molar-refractivity contribution in [3.05, 3.63) is 0 Å². The van der Waals surface area contributed by atoms with Crippen molar-refractivity contribution in [2.45, 2.75) is 51.2 Å². The first kappa shape index (κ1) is 15.2. The Kier molecular flexibility index (Phi) is 5.88. The number of carbonyl (C=O) groups is 1. The largest absolute Gasteiger partial charge is 0.393 e. The topological polar surface area (TPSA) is 70.6 Å². The molecule has 0 radical (unpaired) electrons. The zero-order chi connectivity index (χ0) is 13.6. The van der Waals surface area contributed by atoms with Gasteiger partial charge in [-0.2, -0.15) is 0 Å². The van der Waals surface area contributed by atoms with E-state index in [1.807, 2.05) is 13.8 Å². The molecule has 1 aliphatic carbocycles. The summed E-state index contributed by atoms with van der Waals surface area (Å²) >= 11 is 0. The number of rotatable bonds is 7. The van der Waals surface area contributed by atoms with E-state index in [1.165, 1.54) is 0 Å². The number of nitrogens with one attached hydrogen (secondary N) is 2. The van der Waals surface area contributed by atoms with Gasteiger partial charge in [0.2, 0.25) is 0 Å². The van der Waals surface area contributed by atoms with Crippen LogP contribution in [0.4, 0.5) is 4.79 Å². The second-order valence-corrected chi connectivity index (χ2v) is 5.45. The lowest BCUT2D eigenvalue weighted by Crippen LogP contribution is -2.51. The fourth-order valence-corrected chi connectivity index (χ4v) is 1.99. The zero-order valence-corrected chi connectivity index (χ0v) is 11.7. The van der Waals surface area contributed by atoms with Crippen LogP contribution in [0.25, 0.3) is 0 Å². The van der Waals surface area contributed by atoms with Crippen LogP contribution in [0.2, 0.25) is 0 Å². The van der Waals surface area contributed by atoms with Crippen molar-refractivity contribution < 1.29 is 14.6 Å². The SMILES string of the molecule is COC1(CNC(=O)NCCC(O)C(C)C)CCC1. The summed E-state index contributed by atoms with van der Waals surface area (Å²) in [5.41, 5.74) is -0.144. The molecular formula is C13H26N2O3. The van der Waals surface area contributed by atoms with Gasteiger partial charge in [-0.1, -0.05) is 13.8 Å². The van der Waals surface area contributed by atoms with Crippen LogP contribution >= 0.6 is 0 Å². The quantitative estimate of drug-likeness (QED) is 0.644. The number of amides is 2. The highest BCUT2D eigenvalue weighted by Crippen LogP contribution is 2.34. The summed E-state index contributed by atoms with van der Waals surface area (Å²) in [6.45, 7) is 4.97. The van der Waals surface area contributed by atoms with Crippen molar-refractivity contribution in [1.82, 2.24) is 10.6 Å². The molecule has 1 atom stereocenters. The number of aliphatic hydroxyl groups excluding tert-OH is 1. The number of carbonyl (C=O) groups excluding carboxylic acids is 1. The number of urea groups is 1.